The van der Waals surface area contributed by atoms with Crippen LogP contribution >= 0.6 is 0 Å². The number of aromatic hydroxyl groups is 1. The molecule has 3 atom stereocenters. The number of nitrogens with zero attached hydrogens (tertiary/aromatic N) is 3. The van der Waals surface area contributed by atoms with Crippen molar-refractivity contribution in [3.63, 3.8) is 0 Å². The number of alkyl halides is 3. The maximum Gasteiger partial charge on any atom is 0.417 e. The average molecular weight is 433 g/mol. The minimum absolute atomic E-state index is 0.0105. The fourth-order valence-electron chi connectivity index (χ4n) is 4.88. The highest BCUT2D eigenvalue weighted by Crippen LogP contribution is 2.37. The zero-order valence-electron chi connectivity index (χ0n) is 17.8. The first-order chi connectivity index (χ1) is 14.6. The number of carbonyl (C=O) groups is 1. The summed E-state index contributed by atoms with van der Waals surface area (Å²) in [4.78, 5) is 21.0. The van der Waals surface area contributed by atoms with Crippen molar-refractivity contribution in [2.24, 2.45) is 0 Å². The zero-order valence-corrected chi connectivity index (χ0v) is 17.8. The molecule has 8 heteroatoms. The van der Waals surface area contributed by atoms with Crippen LogP contribution in [0.2, 0.25) is 0 Å². The summed E-state index contributed by atoms with van der Waals surface area (Å²) in [6.07, 6.45) is -2.01. The predicted molar refractivity (Wildman–Crippen MR) is 110 cm³/mol. The molecule has 2 fully saturated rings. The number of phenols is 1. The summed E-state index contributed by atoms with van der Waals surface area (Å²) in [6, 6.07) is 5.90. The number of piperazine rings is 1. The lowest BCUT2D eigenvalue weighted by Gasteiger charge is -2.43. The van der Waals surface area contributed by atoms with Crippen molar-refractivity contribution >= 4 is 5.91 Å². The number of hydrogen-bond acceptors (Lipinski definition) is 4. The fourth-order valence-corrected chi connectivity index (χ4v) is 4.88. The molecule has 1 unspecified atom stereocenters. The molecule has 0 saturated carbocycles. The number of aromatic nitrogens is 1. The van der Waals surface area contributed by atoms with Crippen LogP contribution < -0.4 is 0 Å². The fraction of sp³-hybridized carbons (Fsp3) is 0.478. The normalized spacial score (nSPS) is 22.6. The summed E-state index contributed by atoms with van der Waals surface area (Å²) < 4.78 is 38.4. The standard InChI is InChI=1S/C23H26F3N3O2/c1-13-14(2)21(30)9-7-19(13)15(3)28-11-17-5-6-18(12-28)29(17)22(31)20-8-4-16(10-27-20)23(24,25)26/h4,7-10,15,17-18,30H,5-6,11-12H2,1-3H3/t15-,17-,18?/m0/s1. The van der Waals surface area contributed by atoms with E-state index in [1.807, 2.05) is 24.8 Å². The van der Waals surface area contributed by atoms with Crippen LogP contribution in [-0.4, -0.2) is 51.0 Å². The van der Waals surface area contributed by atoms with E-state index in [4.69, 9.17) is 0 Å². The van der Waals surface area contributed by atoms with Gasteiger partial charge in [0, 0.05) is 37.4 Å². The molecule has 1 aromatic heterocycles. The van der Waals surface area contributed by atoms with Crippen molar-refractivity contribution in [3.8, 4) is 5.75 Å². The van der Waals surface area contributed by atoms with Gasteiger partial charge in [-0.2, -0.15) is 13.2 Å². The molecule has 1 amide bonds. The van der Waals surface area contributed by atoms with Crippen LogP contribution in [0, 0.1) is 13.8 Å². The number of amides is 1. The number of fused-ring (bicyclic) bond motifs is 2. The van der Waals surface area contributed by atoms with Gasteiger partial charge in [0.1, 0.15) is 11.4 Å². The molecule has 2 aromatic rings. The average Bonchev–Trinajstić information content (AvgIpc) is 2.99. The third-order valence-electron chi connectivity index (χ3n) is 6.85. The largest absolute Gasteiger partial charge is 0.508 e. The zero-order chi connectivity index (χ0) is 22.5. The molecule has 3 heterocycles. The molecule has 2 saturated heterocycles. The topological polar surface area (TPSA) is 56.7 Å². The predicted octanol–water partition coefficient (Wildman–Crippen LogP) is 4.47. The van der Waals surface area contributed by atoms with E-state index in [2.05, 4.69) is 16.8 Å². The number of hydrogen-bond donors (Lipinski definition) is 1. The summed E-state index contributed by atoms with van der Waals surface area (Å²) in [5.74, 6) is -0.0156. The molecule has 31 heavy (non-hydrogen) atoms. The Morgan fingerprint density at radius 1 is 1.10 bits per heavy atom. The maximum atomic E-state index is 13.0. The molecule has 0 radical (unpaired) electrons. The van der Waals surface area contributed by atoms with Gasteiger partial charge in [-0.1, -0.05) is 6.07 Å². The van der Waals surface area contributed by atoms with Crippen molar-refractivity contribution in [1.82, 2.24) is 14.8 Å². The smallest absolute Gasteiger partial charge is 0.417 e. The van der Waals surface area contributed by atoms with Crippen LogP contribution in [0.15, 0.2) is 30.5 Å². The Hall–Kier alpha value is -2.61. The monoisotopic (exact) mass is 433 g/mol. The third-order valence-corrected chi connectivity index (χ3v) is 6.85. The lowest BCUT2D eigenvalue weighted by atomic mass is 9.95. The Kier molecular flexibility index (Phi) is 5.45. The Morgan fingerprint density at radius 3 is 2.29 bits per heavy atom. The summed E-state index contributed by atoms with van der Waals surface area (Å²) in [6.45, 7) is 7.43. The SMILES string of the molecule is Cc1c(O)ccc([C@H](C)N2CC3CC[C@@H](C2)N3C(=O)c2ccc(C(F)(F)F)cn2)c1C. The third kappa shape index (κ3) is 3.89. The van der Waals surface area contributed by atoms with Crippen LogP contribution in [0.4, 0.5) is 13.2 Å². The van der Waals surface area contributed by atoms with Gasteiger partial charge >= 0.3 is 6.18 Å². The molecule has 1 aromatic carbocycles. The summed E-state index contributed by atoms with van der Waals surface area (Å²) in [5.41, 5.74) is 2.28. The molecule has 1 N–H and O–H groups in total. The minimum atomic E-state index is -4.47. The number of carbonyl (C=O) groups excluding carboxylic acids is 1. The number of halogens is 3. The van der Waals surface area contributed by atoms with Gasteiger partial charge in [0.05, 0.1) is 5.56 Å². The number of rotatable bonds is 3. The van der Waals surface area contributed by atoms with Gasteiger partial charge in [-0.3, -0.25) is 14.7 Å². The first-order valence-electron chi connectivity index (χ1n) is 10.5. The molecule has 5 nitrogen and oxygen atoms in total. The van der Waals surface area contributed by atoms with Crippen molar-refractivity contribution in [1.29, 1.82) is 0 Å². The first kappa shape index (κ1) is 21.6. The number of likely N-dealkylation sites (tertiary alicyclic amines) is 1. The quantitative estimate of drug-likeness (QED) is 0.776. The Bertz CT molecular complexity index is 977. The number of pyridine rings is 1. The first-order valence-corrected chi connectivity index (χ1v) is 10.5. The maximum absolute atomic E-state index is 13.0. The Labute approximate surface area is 179 Å². The van der Waals surface area contributed by atoms with E-state index in [1.165, 1.54) is 6.07 Å². The molecular formula is C23H26F3N3O2. The lowest BCUT2D eigenvalue weighted by Crippen LogP contribution is -2.56. The summed E-state index contributed by atoms with van der Waals surface area (Å²) in [5, 5.41) is 9.95. The Morgan fingerprint density at radius 2 is 1.74 bits per heavy atom. The number of phenolic OH excluding ortho intramolecular Hbond substituents is 1. The van der Waals surface area contributed by atoms with Gasteiger partial charge in [0.15, 0.2) is 0 Å². The Balaban J connectivity index is 1.51. The van der Waals surface area contributed by atoms with Crippen molar-refractivity contribution in [2.45, 2.75) is 57.9 Å². The molecule has 166 valence electrons. The van der Waals surface area contributed by atoms with Gasteiger partial charge in [0.2, 0.25) is 0 Å². The van der Waals surface area contributed by atoms with E-state index in [0.717, 1.165) is 41.8 Å². The van der Waals surface area contributed by atoms with Crippen molar-refractivity contribution in [3.05, 3.63) is 58.4 Å². The minimum Gasteiger partial charge on any atom is -0.508 e. The van der Waals surface area contributed by atoms with Crippen LogP contribution in [0.3, 0.4) is 0 Å². The lowest BCUT2D eigenvalue weighted by molar-refractivity contribution is -0.137. The summed E-state index contributed by atoms with van der Waals surface area (Å²) >= 11 is 0. The highest BCUT2D eigenvalue weighted by Gasteiger charge is 2.44. The van der Waals surface area contributed by atoms with Gasteiger partial charge < -0.3 is 10.0 Å². The van der Waals surface area contributed by atoms with Crippen LogP contribution in [0.25, 0.3) is 0 Å². The van der Waals surface area contributed by atoms with Crippen LogP contribution in [0.1, 0.15) is 58.5 Å². The van der Waals surface area contributed by atoms with Gasteiger partial charge in [0.25, 0.3) is 5.91 Å². The number of benzene rings is 1. The van der Waals surface area contributed by atoms with Crippen LogP contribution in [0.5, 0.6) is 5.75 Å². The molecule has 2 aliphatic rings. The van der Waals surface area contributed by atoms with E-state index >= 15 is 0 Å². The van der Waals surface area contributed by atoms with E-state index in [-0.39, 0.29) is 35.5 Å². The second kappa shape index (κ2) is 7.82. The molecule has 0 spiro atoms. The second-order valence-corrected chi connectivity index (χ2v) is 8.58. The highest BCUT2D eigenvalue weighted by atomic mass is 19.4. The molecule has 4 rings (SSSR count). The second-order valence-electron chi connectivity index (χ2n) is 8.58. The van der Waals surface area contributed by atoms with E-state index in [9.17, 15) is 23.1 Å². The van der Waals surface area contributed by atoms with Crippen LogP contribution in [-0.2, 0) is 6.18 Å². The molecule has 0 aliphatic carbocycles. The summed E-state index contributed by atoms with van der Waals surface area (Å²) in [7, 11) is 0. The molecule has 2 aliphatic heterocycles. The van der Waals surface area contributed by atoms with E-state index in [1.54, 1.807) is 6.07 Å². The molecule has 2 bridgehead atoms. The van der Waals surface area contributed by atoms with Gasteiger partial charge in [-0.15, -0.1) is 0 Å². The highest BCUT2D eigenvalue weighted by molar-refractivity contribution is 5.93. The van der Waals surface area contributed by atoms with Crippen molar-refractivity contribution < 1.29 is 23.1 Å². The van der Waals surface area contributed by atoms with E-state index in [0.29, 0.717) is 13.1 Å². The van der Waals surface area contributed by atoms with Gasteiger partial charge in [-0.25, -0.2) is 0 Å². The van der Waals surface area contributed by atoms with Crippen molar-refractivity contribution in [2.75, 3.05) is 13.1 Å². The molecular weight excluding hydrogens is 407 g/mol. The van der Waals surface area contributed by atoms with Gasteiger partial charge in [-0.05, 0) is 68.5 Å². The van der Waals surface area contributed by atoms with E-state index < -0.39 is 11.7 Å².